The van der Waals surface area contributed by atoms with E-state index in [1.807, 2.05) is 18.2 Å². The zero-order valence-electron chi connectivity index (χ0n) is 19.1. The van der Waals surface area contributed by atoms with Gasteiger partial charge in [0.2, 0.25) is 5.89 Å². The number of rotatable bonds is 3. The molecule has 2 aliphatic rings. The van der Waals surface area contributed by atoms with E-state index in [4.69, 9.17) is 9.15 Å². The average molecular weight is 455 g/mol. The summed E-state index contributed by atoms with van der Waals surface area (Å²) in [7, 11) is 1.41. The van der Waals surface area contributed by atoms with Crippen molar-refractivity contribution in [3.63, 3.8) is 0 Å². The van der Waals surface area contributed by atoms with E-state index in [1.54, 1.807) is 24.6 Å². The van der Waals surface area contributed by atoms with Crippen LogP contribution >= 0.6 is 0 Å². The standard InChI is InChI=1S/C28H26N2O4/c1-33-28(32)18-7-9-23-24(15-18)30-16-20(27-29-11-12-34-27)13-19-14-21(31)8-10-22(19)26(30)25(23)17-5-3-2-4-6-17/h7-15,17,31H,2-6,16H2,1H3. The Bertz CT molecular complexity index is 1420. The number of benzene rings is 2. The maximum atomic E-state index is 12.4. The molecule has 6 heteroatoms. The molecular formula is C28H26N2O4. The number of methoxy groups -OCH3 is 1. The van der Waals surface area contributed by atoms with Crippen LogP contribution < -0.4 is 0 Å². The van der Waals surface area contributed by atoms with Crippen LogP contribution in [0.25, 0.3) is 33.8 Å². The number of oxazole rings is 1. The summed E-state index contributed by atoms with van der Waals surface area (Å²) in [5.41, 5.74) is 6.91. The summed E-state index contributed by atoms with van der Waals surface area (Å²) >= 11 is 0. The predicted molar refractivity (Wildman–Crippen MR) is 131 cm³/mol. The van der Waals surface area contributed by atoms with Crippen molar-refractivity contribution in [3.8, 4) is 17.0 Å². The maximum Gasteiger partial charge on any atom is 0.337 e. The second-order valence-corrected chi connectivity index (χ2v) is 9.19. The molecule has 0 bridgehead atoms. The highest BCUT2D eigenvalue weighted by molar-refractivity contribution is 6.01. The van der Waals surface area contributed by atoms with Crippen LogP contribution in [-0.2, 0) is 11.3 Å². The number of aromatic nitrogens is 2. The highest BCUT2D eigenvalue weighted by Gasteiger charge is 2.30. The average Bonchev–Trinajstić information content (AvgIpc) is 3.47. The Morgan fingerprint density at radius 2 is 2.00 bits per heavy atom. The smallest absolute Gasteiger partial charge is 0.337 e. The largest absolute Gasteiger partial charge is 0.508 e. The van der Waals surface area contributed by atoms with E-state index in [-0.39, 0.29) is 11.7 Å². The van der Waals surface area contributed by atoms with Gasteiger partial charge < -0.3 is 18.8 Å². The number of allylic oxidation sites excluding steroid dienone is 1. The number of esters is 1. The fourth-order valence-electron chi connectivity index (χ4n) is 5.68. The Balaban J connectivity index is 1.68. The molecule has 0 unspecified atom stereocenters. The zero-order chi connectivity index (χ0) is 23.2. The van der Waals surface area contributed by atoms with Gasteiger partial charge in [0.15, 0.2) is 0 Å². The van der Waals surface area contributed by atoms with Crippen LogP contribution in [0, 0.1) is 0 Å². The van der Waals surface area contributed by atoms with Crippen molar-refractivity contribution in [2.45, 2.75) is 44.6 Å². The molecule has 0 radical (unpaired) electrons. The van der Waals surface area contributed by atoms with Crippen LogP contribution in [0.3, 0.4) is 0 Å². The Labute approximate surface area is 197 Å². The summed E-state index contributed by atoms with van der Waals surface area (Å²) < 4.78 is 13.0. The lowest BCUT2D eigenvalue weighted by Crippen LogP contribution is -2.07. The van der Waals surface area contributed by atoms with Gasteiger partial charge in [0.05, 0.1) is 31.1 Å². The van der Waals surface area contributed by atoms with Gasteiger partial charge in [-0.3, -0.25) is 0 Å². The summed E-state index contributed by atoms with van der Waals surface area (Å²) in [5, 5.41) is 11.5. The monoisotopic (exact) mass is 454 g/mol. The van der Waals surface area contributed by atoms with Gasteiger partial charge >= 0.3 is 5.97 Å². The molecule has 4 aromatic rings. The molecule has 34 heavy (non-hydrogen) atoms. The van der Waals surface area contributed by atoms with E-state index < -0.39 is 0 Å². The Morgan fingerprint density at radius 1 is 1.15 bits per heavy atom. The Morgan fingerprint density at radius 3 is 2.76 bits per heavy atom. The first kappa shape index (κ1) is 20.8. The lowest BCUT2D eigenvalue weighted by atomic mass is 9.81. The molecule has 3 heterocycles. The second-order valence-electron chi connectivity index (χ2n) is 9.19. The molecule has 6 rings (SSSR count). The Hall–Kier alpha value is -3.80. The van der Waals surface area contributed by atoms with E-state index in [1.165, 1.54) is 37.3 Å². The molecule has 1 aliphatic carbocycles. The predicted octanol–water partition coefficient (Wildman–Crippen LogP) is 6.39. The highest BCUT2D eigenvalue weighted by atomic mass is 16.5. The number of hydrogen-bond donors (Lipinski definition) is 1. The fraction of sp³-hybridized carbons (Fsp3) is 0.286. The van der Waals surface area contributed by atoms with Crippen molar-refractivity contribution in [3.05, 3.63) is 71.4 Å². The highest BCUT2D eigenvalue weighted by Crippen LogP contribution is 2.47. The number of nitrogens with zero attached hydrogens (tertiary/aromatic N) is 2. The molecule has 1 fully saturated rings. The van der Waals surface area contributed by atoms with E-state index in [0.29, 0.717) is 23.9 Å². The van der Waals surface area contributed by atoms with Crippen LogP contribution in [0.4, 0.5) is 0 Å². The SMILES string of the molecule is COC(=O)c1ccc2c(C3CCCCC3)c3n(c2c1)CC(c1ncco1)=Cc1cc(O)ccc1-3. The third-order valence-corrected chi connectivity index (χ3v) is 7.19. The normalized spacial score (nSPS) is 16.0. The fourth-order valence-corrected chi connectivity index (χ4v) is 5.68. The molecule has 0 amide bonds. The minimum atomic E-state index is -0.348. The number of phenolic OH excluding ortho intramolecular Hbond substituents is 1. The van der Waals surface area contributed by atoms with Gasteiger partial charge in [-0.1, -0.05) is 25.3 Å². The lowest BCUT2D eigenvalue weighted by Gasteiger charge is -2.24. The first-order valence-corrected chi connectivity index (χ1v) is 11.8. The van der Waals surface area contributed by atoms with Gasteiger partial charge in [-0.25, -0.2) is 9.78 Å². The summed E-state index contributed by atoms with van der Waals surface area (Å²) in [5.74, 6) is 0.867. The number of carbonyl (C=O) groups is 1. The minimum absolute atomic E-state index is 0.221. The van der Waals surface area contributed by atoms with Gasteiger partial charge in [-0.05, 0) is 66.3 Å². The van der Waals surface area contributed by atoms with Gasteiger partial charge in [0, 0.05) is 22.0 Å². The number of hydrogen-bond acceptors (Lipinski definition) is 5. The van der Waals surface area contributed by atoms with Gasteiger partial charge in [0.1, 0.15) is 12.0 Å². The van der Waals surface area contributed by atoms with Crippen LogP contribution in [0.2, 0.25) is 0 Å². The van der Waals surface area contributed by atoms with Crippen LogP contribution in [-0.4, -0.2) is 27.7 Å². The van der Waals surface area contributed by atoms with Gasteiger partial charge in [-0.15, -0.1) is 0 Å². The van der Waals surface area contributed by atoms with Crippen LogP contribution in [0.1, 0.15) is 65.4 Å². The number of fused-ring (bicyclic) bond motifs is 5. The van der Waals surface area contributed by atoms with E-state index >= 15 is 0 Å². The molecule has 1 saturated carbocycles. The van der Waals surface area contributed by atoms with Gasteiger partial charge in [0.25, 0.3) is 0 Å². The molecule has 0 saturated heterocycles. The van der Waals surface area contributed by atoms with Crippen molar-refractivity contribution in [2.75, 3.05) is 7.11 Å². The summed E-state index contributed by atoms with van der Waals surface area (Å²) in [4.78, 5) is 16.8. The molecule has 2 aromatic heterocycles. The molecule has 1 N–H and O–H groups in total. The third kappa shape index (κ3) is 3.33. The van der Waals surface area contributed by atoms with Crippen LogP contribution in [0.5, 0.6) is 5.75 Å². The van der Waals surface area contributed by atoms with Crippen molar-refractivity contribution in [2.24, 2.45) is 0 Å². The number of carbonyl (C=O) groups excluding carboxylic acids is 1. The molecule has 2 aromatic carbocycles. The van der Waals surface area contributed by atoms with Crippen molar-refractivity contribution in [1.82, 2.24) is 9.55 Å². The van der Waals surface area contributed by atoms with Crippen molar-refractivity contribution < 1.29 is 19.1 Å². The molecule has 0 spiro atoms. The van der Waals surface area contributed by atoms with Gasteiger partial charge in [-0.2, -0.15) is 0 Å². The topological polar surface area (TPSA) is 77.5 Å². The molecule has 6 nitrogen and oxygen atoms in total. The van der Waals surface area contributed by atoms with E-state index in [9.17, 15) is 9.90 Å². The molecule has 0 atom stereocenters. The Kier molecular flexibility index (Phi) is 5.01. The lowest BCUT2D eigenvalue weighted by molar-refractivity contribution is 0.0601. The maximum absolute atomic E-state index is 12.4. The van der Waals surface area contributed by atoms with E-state index in [0.717, 1.165) is 40.8 Å². The van der Waals surface area contributed by atoms with E-state index in [2.05, 4.69) is 21.7 Å². The quantitative estimate of drug-likeness (QED) is 0.363. The minimum Gasteiger partial charge on any atom is -0.508 e. The number of phenols is 1. The van der Waals surface area contributed by atoms with Crippen molar-refractivity contribution >= 4 is 28.5 Å². The summed E-state index contributed by atoms with van der Waals surface area (Å²) in [6.07, 6.45) is 11.3. The second kappa shape index (κ2) is 8.20. The number of ether oxygens (including phenoxy) is 1. The summed E-state index contributed by atoms with van der Waals surface area (Å²) in [6.45, 7) is 0.541. The molecular weight excluding hydrogens is 428 g/mol. The van der Waals surface area contributed by atoms with Crippen LogP contribution in [0.15, 0.2) is 53.3 Å². The third-order valence-electron chi connectivity index (χ3n) is 7.19. The summed E-state index contributed by atoms with van der Waals surface area (Å²) in [6, 6.07) is 11.4. The molecule has 1 aliphatic heterocycles. The molecule has 172 valence electrons. The first-order chi connectivity index (χ1) is 16.6. The number of aromatic hydroxyl groups is 1. The zero-order valence-corrected chi connectivity index (χ0v) is 19.1. The first-order valence-electron chi connectivity index (χ1n) is 11.8. The van der Waals surface area contributed by atoms with Crippen molar-refractivity contribution in [1.29, 1.82) is 0 Å².